The van der Waals surface area contributed by atoms with E-state index in [9.17, 15) is 9.59 Å². The molecule has 1 heterocycles. The van der Waals surface area contributed by atoms with Gasteiger partial charge in [-0.05, 0) is 50.7 Å². The molecule has 0 amide bonds. The minimum atomic E-state index is -0.332. The van der Waals surface area contributed by atoms with Crippen molar-refractivity contribution >= 4 is 11.8 Å². The maximum Gasteiger partial charge on any atom is 0.354 e. The summed E-state index contributed by atoms with van der Waals surface area (Å²) in [6, 6.07) is 1.85. The predicted octanol–water partition coefficient (Wildman–Crippen LogP) is 3.00. The second kappa shape index (κ2) is 8.13. The van der Waals surface area contributed by atoms with E-state index in [2.05, 4.69) is 0 Å². The zero-order chi connectivity index (χ0) is 15.9. The third-order valence-corrected chi connectivity index (χ3v) is 4.00. The molecule has 2 rings (SSSR count). The topological polar surface area (TPSA) is 57.5 Å². The van der Waals surface area contributed by atoms with Crippen LogP contribution in [-0.4, -0.2) is 36.6 Å². The lowest BCUT2D eigenvalue weighted by Crippen LogP contribution is -2.19. The van der Waals surface area contributed by atoms with Crippen molar-refractivity contribution in [1.82, 2.24) is 4.57 Å². The van der Waals surface area contributed by atoms with Gasteiger partial charge in [0.15, 0.2) is 5.78 Å². The fourth-order valence-corrected chi connectivity index (χ4v) is 2.98. The van der Waals surface area contributed by atoms with Crippen molar-refractivity contribution < 1.29 is 19.1 Å². The lowest BCUT2D eigenvalue weighted by atomic mass is 9.97. The molecule has 1 aliphatic rings. The Morgan fingerprint density at radius 1 is 1.27 bits per heavy atom. The van der Waals surface area contributed by atoms with E-state index in [4.69, 9.17) is 9.47 Å². The van der Waals surface area contributed by atoms with Crippen LogP contribution in [0.5, 0.6) is 0 Å². The van der Waals surface area contributed by atoms with E-state index < -0.39 is 0 Å². The highest BCUT2D eigenvalue weighted by Gasteiger charge is 2.27. The van der Waals surface area contributed by atoms with Gasteiger partial charge in [0, 0.05) is 26.7 Å². The molecule has 0 aliphatic heterocycles. The maximum absolute atomic E-state index is 12.2. The minimum absolute atomic E-state index is 0.147. The first kappa shape index (κ1) is 16.7. The number of ether oxygens (including phenoxy) is 2. The molecule has 0 aromatic carbocycles. The number of unbranched alkanes of at least 4 members (excludes halogenated alkanes) is 2. The van der Waals surface area contributed by atoms with E-state index in [-0.39, 0.29) is 11.8 Å². The van der Waals surface area contributed by atoms with Gasteiger partial charge in [-0.15, -0.1) is 0 Å². The molecule has 1 aliphatic carbocycles. The van der Waals surface area contributed by atoms with E-state index >= 15 is 0 Å². The van der Waals surface area contributed by atoms with Gasteiger partial charge in [-0.2, -0.15) is 0 Å². The third-order valence-electron chi connectivity index (χ3n) is 4.00. The summed E-state index contributed by atoms with van der Waals surface area (Å²) in [7, 11) is 1.69. The second-order valence-corrected chi connectivity index (χ2v) is 5.61. The van der Waals surface area contributed by atoms with Crippen molar-refractivity contribution in [2.75, 3.05) is 20.3 Å². The molecule has 1 aromatic rings. The Morgan fingerprint density at radius 3 is 2.82 bits per heavy atom. The second-order valence-electron chi connectivity index (χ2n) is 5.61. The summed E-state index contributed by atoms with van der Waals surface area (Å²) in [5.41, 5.74) is 2.24. The number of aryl methyl sites for hydroxylation is 1. The summed E-state index contributed by atoms with van der Waals surface area (Å²) in [6.07, 6.45) is 5.23. The minimum Gasteiger partial charge on any atom is -0.461 e. The molecular weight excluding hydrogens is 282 g/mol. The van der Waals surface area contributed by atoms with Crippen LogP contribution in [0.2, 0.25) is 0 Å². The van der Waals surface area contributed by atoms with Crippen LogP contribution in [0, 0.1) is 0 Å². The van der Waals surface area contributed by atoms with Crippen molar-refractivity contribution in [2.24, 2.45) is 0 Å². The molecule has 1 aromatic heterocycles. The quantitative estimate of drug-likeness (QED) is 0.547. The van der Waals surface area contributed by atoms with E-state index in [0.717, 1.165) is 50.0 Å². The van der Waals surface area contributed by atoms with E-state index in [1.807, 2.05) is 10.6 Å². The van der Waals surface area contributed by atoms with Gasteiger partial charge in [-0.25, -0.2) is 4.79 Å². The highest BCUT2D eigenvalue weighted by molar-refractivity contribution is 6.00. The Labute approximate surface area is 131 Å². The molecule has 0 atom stereocenters. The molecule has 0 saturated heterocycles. The van der Waals surface area contributed by atoms with Crippen LogP contribution in [0.25, 0.3) is 0 Å². The Balaban J connectivity index is 2.18. The van der Waals surface area contributed by atoms with Crippen LogP contribution in [0.15, 0.2) is 6.07 Å². The first-order valence-electron chi connectivity index (χ1n) is 8.10. The number of carbonyl (C=O) groups is 2. The molecule has 0 fully saturated rings. The molecule has 0 N–H and O–H groups in total. The number of hydrogen-bond acceptors (Lipinski definition) is 4. The molecule has 122 valence electrons. The molecule has 0 radical (unpaired) electrons. The highest BCUT2D eigenvalue weighted by atomic mass is 16.5. The van der Waals surface area contributed by atoms with Crippen LogP contribution in [0.1, 0.15) is 65.6 Å². The normalized spacial score (nSPS) is 14.0. The number of hydrogen-bond donors (Lipinski definition) is 0. The average molecular weight is 307 g/mol. The summed E-state index contributed by atoms with van der Waals surface area (Å²) in [5, 5.41) is 0. The molecular formula is C17H25NO4. The van der Waals surface area contributed by atoms with Gasteiger partial charge >= 0.3 is 5.97 Å². The standard InChI is InChI=1S/C17H25NO4/c1-3-22-17(20)14-12-13-8-7-9-15(19)16(13)18(14)10-5-4-6-11-21-2/h12H,3-11H2,1-2H3. The Morgan fingerprint density at radius 2 is 2.09 bits per heavy atom. The first-order chi connectivity index (χ1) is 10.7. The summed E-state index contributed by atoms with van der Waals surface area (Å²) in [5.74, 6) is -0.185. The molecule has 5 heteroatoms. The summed E-state index contributed by atoms with van der Waals surface area (Å²) >= 11 is 0. The number of rotatable bonds is 8. The lowest BCUT2D eigenvalue weighted by molar-refractivity contribution is 0.0513. The number of esters is 1. The maximum atomic E-state index is 12.2. The van der Waals surface area contributed by atoms with Gasteiger partial charge in [-0.1, -0.05) is 0 Å². The van der Waals surface area contributed by atoms with Crippen molar-refractivity contribution in [1.29, 1.82) is 0 Å². The van der Waals surface area contributed by atoms with Crippen LogP contribution in [-0.2, 0) is 22.4 Å². The molecule has 22 heavy (non-hydrogen) atoms. The molecule has 0 bridgehead atoms. The van der Waals surface area contributed by atoms with Crippen molar-refractivity contribution in [3.05, 3.63) is 23.0 Å². The Hall–Kier alpha value is -1.62. The molecule has 0 spiro atoms. The predicted molar refractivity (Wildman–Crippen MR) is 83.4 cm³/mol. The van der Waals surface area contributed by atoms with E-state index in [0.29, 0.717) is 25.3 Å². The number of carbonyl (C=O) groups excluding carboxylic acids is 2. The third kappa shape index (κ3) is 3.77. The van der Waals surface area contributed by atoms with Crippen LogP contribution in [0.4, 0.5) is 0 Å². The Kier molecular flexibility index (Phi) is 6.19. The number of Topliss-reactive ketones (excluding diaryl/α,β-unsaturated/α-hetero) is 1. The summed E-state index contributed by atoms with van der Waals surface area (Å²) < 4.78 is 12.1. The van der Waals surface area contributed by atoms with E-state index in [1.165, 1.54) is 0 Å². The Bertz CT molecular complexity index is 533. The largest absolute Gasteiger partial charge is 0.461 e. The van der Waals surface area contributed by atoms with Crippen LogP contribution in [0.3, 0.4) is 0 Å². The fourth-order valence-electron chi connectivity index (χ4n) is 2.98. The number of aromatic nitrogens is 1. The lowest BCUT2D eigenvalue weighted by Gasteiger charge is -2.16. The van der Waals surface area contributed by atoms with Crippen molar-refractivity contribution in [2.45, 2.75) is 52.0 Å². The SMILES string of the molecule is CCOC(=O)c1cc2c(n1CCCCCOC)C(=O)CCC2. The molecule has 0 saturated carbocycles. The number of nitrogens with zero attached hydrogens (tertiary/aromatic N) is 1. The van der Waals surface area contributed by atoms with Gasteiger partial charge in [0.2, 0.25) is 0 Å². The monoisotopic (exact) mass is 307 g/mol. The average Bonchev–Trinajstić information content (AvgIpc) is 2.87. The summed E-state index contributed by atoms with van der Waals surface area (Å²) in [6.45, 7) is 3.56. The van der Waals surface area contributed by atoms with Crippen LogP contribution < -0.4 is 0 Å². The van der Waals surface area contributed by atoms with Gasteiger partial charge in [0.05, 0.1) is 12.3 Å². The van der Waals surface area contributed by atoms with Gasteiger partial charge in [-0.3, -0.25) is 4.79 Å². The number of methoxy groups -OCH3 is 1. The number of fused-ring (bicyclic) bond motifs is 1. The highest BCUT2D eigenvalue weighted by Crippen LogP contribution is 2.26. The first-order valence-corrected chi connectivity index (χ1v) is 8.10. The molecule has 5 nitrogen and oxygen atoms in total. The van der Waals surface area contributed by atoms with E-state index in [1.54, 1.807) is 14.0 Å². The fraction of sp³-hybridized carbons (Fsp3) is 0.647. The summed E-state index contributed by atoms with van der Waals surface area (Å²) in [4.78, 5) is 24.4. The smallest absolute Gasteiger partial charge is 0.354 e. The van der Waals surface area contributed by atoms with Gasteiger partial charge < -0.3 is 14.0 Å². The van der Waals surface area contributed by atoms with Gasteiger partial charge in [0.1, 0.15) is 5.69 Å². The zero-order valence-corrected chi connectivity index (χ0v) is 13.5. The molecule has 0 unspecified atom stereocenters. The van der Waals surface area contributed by atoms with Gasteiger partial charge in [0.25, 0.3) is 0 Å². The number of ketones is 1. The zero-order valence-electron chi connectivity index (χ0n) is 13.5. The van der Waals surface area contributed by atoms with Crippen molar-refractivity contribution in [3.63, 3.8) is 0 Å². The van der Waals surface area contributed by atoms with Crippen LogP contribution >= 0.6 is 0 Å². The van der Waals surface area contributed by atoms with Crippen molar-refractivity contribution in [3.8, 4) is 0 Å².